The third-order valence-corrected chi connectivity index (χ3v) is 3.00. The van der Waals surface area contributed by atoms with E-state index in [1.807, 2.05) is 64.2 Å². The lowest BCUT2D eigenvalue weighted by Gasteiger charge is -2.15. The summed E-state index contributed by atoms with van der Waals surface area (Å²) in [6.45, 7) is 3.79. The highest BCUT2D eigenvalue weighted by atomic mass is 16.5. The zero-order valence-corrected chi connectivity index (χ0v) is 12.6. The number of nitrogens with one attached hydrogen (secondary N) is 1. The Morgan fingerprint density at radius 2 is 1.90 bits per heavy atom. The van der Waals surface area contributed by atoms with Crippen LogP contribution in [0.25, 0.3) is 0 Å². The Bertz CT molecular complexity index is 611. The molecule has 1 N–H and O–H groups in total. The summed E-state index contributed by atoms with van der Waals surface area (Å²) in [5.41, 5.74) is 1.98. The Morgan fingerprint density at radius 3 is 2.55 bits per heavy atom. The van der Waals surface area contributed by atoms with Gasteiger partial charge in [0, 0.05) is 32.9 Å². The topological polar surface area (TPSA) is 50.3 Å². The van der Waals surface area contributed by atoms with E-state index < -0.39 is 0 Å². The molecule has 106 valence electrons. The predicted molar refractivity (Wildman–Crippen MR) is 81.9 cm³/mol. The fourth-order valence-electron chi connectivity index (χ4n) is 1.88. The smallest absolute Gasteiger partial charge is 0.227 e. The molecule has 0 aliphatic rings. The minimum absolute atomic E-state index is 0.581. The van der Waals surface area contributed by atoms with Gasteiger partial charge in [0.15, 0.2) is 0 Å². The standard InChI is InChI=1S/C15H20N4O/c1-10-14(16-3)17-11(2)18-15(10)20-13-8-6-7-12(9-13)19(4)5/h6-9H,1-5H3,(H,16,17,18). The van der Waals surface area contributed by atoms with Crippen LogP contribution in [0.5, 0.6) is 11.6 Å². The summed E-state index contributed by atoms with van der Waals surface area (Å²) in [4.78, 5) is 10.7. The molecular weight excluding hydrogens is 252 g/mol. The van der Waals surface area contributed by atoms with Crippen molar-refractivity contribution in [3.8, 4) is 11.6 Å². The van der Waals surface area contributed by atoms with Gasteiger partial charge in [-0.3, -0.25) is 0 Å². The SMILES string of the molecule is CNc1nc(C)nc(Oc2cccc(N(C)C)c2)c1C. The first-order valence-electron chi connectivity index (χ1n) is 6.49. The van der Waals surface area contributed by atoms with E-state index in [1.165, 1.54) is 0 Å². The van der Waals surface area contributed by atoms with Gasteiger partial charge in [0.2, 0.25) is 5.88 Å². The van der Waals surface area contributed by atoms with Crippen molar-refractivity contribution >= 4 is 11.5 Å². The molecule has 20 heavy (non-hydrogen) atoms. The van der Waals surface area contributed by atoms with Gasteiger partial charge in [-0.05, 0) is 26.0 Å². The van der Waals surface area contributed by atoms with Gasteiger partial charge in [0.05, 0.1) is 5.56 Å². The van der Waals surface area contributed by atoms with Crippen LogP contribution in [0.2, 0.25) is 0 Å². The van der Waals surface area contributed by atoms with E-state index >= 15 is 0 Å². The number of aromatic nitrogens is 2. The molecule has 0 aliphatic carbocycles. The summed E-state index contributed by atoms with van der Waals surface area (Å²) in [5.74, 6) is 2.81. The Balaban J connectivity index is 2.35. The van der Waals surface area contributed by atoms with Crippen molar-refractivity contribution in [2.24, 2.45) is 0 Å². The Labute approximate surface area is 119 Å². The second-order valence-corrected chi connectivity index (χ2v) is 4.79. The first-order chi connectivity index (χ1) is 9.51. The molecule has 0 bridgehead atoms. The molecule has 5 heteroatoms. The van der Waals surface area contributed by atoms with Crippen molar-refractivity contribution in [1.29, 1.82) is 0 Å². The van der Waals surface area contributed by atoms with E-state index in [2.05, 4.69) is 15.3 Å². The molecule has 0 amide bonds. The molecule has 2 rings (SSSR count). The summed E-state index contributed by atoms with van der Waals surface area (Å²) in [6, 6.07) is 7.90. The van der Waals surface area contributed by atoms with Gasteiger partial charge >= 0.3 is 0 Å². The van der Waals surface area contributed by atoms with E-state index in [1.54, 1.807) is 0 Å². The van der Waals surface area contributed by atoms with Crippen molar-refractivity contribution < 1.29 is 4.74 Å². The van der Waals surface area contributed by atoms with Crippen LogP contribution in [0.4, 0.5) is 11.5 Å². The second-order valence-electron chi connectivity index (χ2n) is 4.79. The first-order valence-corrected chi connectivity index (χ1v) is 6.49. The average molecular weight is 272 g/mol. The van der Waals surface area contributed by atoms with Gasteiger partial charge in [-0.25, -0.2) is 4.98 Å². The van der Waals surface area contributed by atoms with E-state index in [9.17, 15) is 0 Å². The molecule has 0 saturated carbocycles. The summed E-state index contributed by atoms with van der Waals surface area (Å²) in [6.07, 6.45) is 0. The Kier molecular flexibility index (Phi) is 4.08. The quantitative estimate of drug-likeness (QED) is 0.927. The van der Waals surface area contributed by atoms with E-state index in [0.29, 0.717) is 11.7 Å². The minimum Gasteiger partial charge on any atom is -0.438 e. The van der Waals surface area contributed by atoms with Gasteiger partial charge < -0.3 is 15.0 Å². The molecule has 2 aromatic rings. The van der Waals surface area contributed by atoms with E-state index in [4.69, 9.17) is 4.74 Å². The predicted octanol–water partition coefficient (Wildman–Crippen LogP) is 2.99. The van der Waals surface area contributed by atoms with Gasteiger partial charge in [0.25, 0.3) is 0 Å². The maximum atomic E-state index is 5.91. The largest absolute Gasteiger partial charge is 0.438 e. The Morgan fingerprint density at radius 1 is 1.15 bits per heavy atom. The lowest BCUT2D eigenvalue weighted by Crippen LogP contribution is -2.08. The molecule has 1 heterocycles. The van der Waals surface area contributed by atoms with Gasteiger partial charge in [-0.1, -0.05) is 6.07 Å². The van der Waals surface area contributed by atoms with Gasteiger partial charge in [-0.2, -0.15) is 4.98 Å². The maximum Gasteiger partial charge on any atom is 0.227 e. The Hall–Kier alpha value is -2.30. The fourth-order valence-corrected chi connectivity index (χ4v) is 1.88. The summed E-state index contributed by atoms with van der Waals surface area (Å²) in [7, 11) is 5.84. The maximum absolute atomic E-state index is 5.91. The molecule has 0 saturated heterocycles. The van der Waals surface area contributed by atoms with Crippen LogP contribution in [-0.2, 0) is 0 Å². The zero-order chi connectivity index (χ0) is 14.7. The molecule has 0 unspecified atom stereocenters. The summed E-state index contributed by atoms with van der Waals surface area (Å²) < 4.78 is 5.91. The molecular formula is C15H20N4O. The van der Waals surface area contributed by atoms with Crippen LogP contribution < -0.4 is 15.0 Å². The monoisotopic (exact) mass is 272 g/mol. The lowest BCUT2D eigenvalue weighted by atomic mass is 10.3. The second kappa shape index (κ2) is 5.77. The van der Waals surface area contributed by atoms with Gasteiger partial charge in [-0.15, -0.1) is 0 Å². The molecule has 5 nitrogen and oxygen atoms in total. The number of anilines is 2. The fraction of sp³-hybridized carbons (Fsp3) is 0.333. The number of hydrogen-bond donors (Lipinski definition) is 1. The van der Waals surface area contributed by atoms with E-state index in [0.717, 1.165) is 22.8 Å². The minimum atomic E-state index is 0.581. The lowest BCUT2D eigenvalue weighted by molar-refractivity contribution is 0.456. The molecule has 1 aromatic carbocycles. The average Bonchev–Trinajstić information content (AvgIpc) is 2.42. The van der Waals surface area contributed by atoms with Crippen molar-refractivity contribution in [3.05, 3.63) is 35.7 Å². The number of nitrogens with zero attached hydrogens (tertiary/aromatic N) is 3. The summed E-state index contributed by atoms with van der Waals surface area (Å²) >= 11 is 0. The highest BCUT2D eigenvalue weighted by molar-refractivity contribution is 5.52. The normalized spacial score (nSPS) is 10.2. The molecule has 0 radical (unpaired) electrons. The van der Waals surface area contributed by atoms with Crippen LogP contribution in [0.15, 0.2) is 24.3 Å². The van der Waals surface area contributed by atoms with Crippen LogP contribution in [-0.4, -0.2) is 31.1 Å². The van der Waals surface area contributed by atoms with Crippen LogP contribution in [0.1, 0.15) is 11.4 Å². The number of aryl methyl sites for hydroxylation is 1. The van der Waals surface area contributed by atoms with Crippen LogP contribution in [0.3, 0.4) is 0 Å². The molecule has 0 fully saturated rings. The van der Waals surface area contributed by atoms with Crippen molar-refractivity contribution in [1.82, 2.24) is 9.97 Å². The molecule has 0 atom stereocenters. The highest BCUT2D eigenvalue weighted by Crippen LogP contribution is 2.28. The van der Waals surface area contributed by atoms with Crippen LogP contribution in [0, 0.1) is 13.8 Å². The van der Waals surface area contributed by atoms with Crippen molar-refractivity contribution in [2.45, 2.75) is 13.8 Å². The molecule has 0 aliphatic heterocycles. The number of hydrogen-bond acceptors (Lipinski definition) is 5. The van der Waals surface area contributed by atoms with Crippen LogP contribution >= 0.6 is 0 Å². The zero-order valence-electron chi connectivity index (χ0n) is 12.6. The first kappa shape index (κ1) is 14.1. The van der Waals surface area contributed by atoms with Crippen molar-refractivity contribution in [2.75, 3.05) is 31.4 Å². The third-order valence-electron chi connectivity index (χ3n) is 3.00. The highest BCUT2D eigenvalue weighted by Gasteiger charge is 2.10. The molecule has 0 spiro atoms. The number of ether oxygens (including phenoxy) is 1. The number of benzene rings is 1. The third kappa shape index (κ3) is 2.99. The number of rotatable bonds is 4. The summed E-state index contributed by atoms with van der Waals surface area (Å²) in [5, 5.41) is 3.05. The van der Waals surface area contributed by atoms with Gasteiger partial charge in [0.1, 0.15) is 17.4 Å². The molecule has 1 aromatic heterocycles. The van der Waals surface area contributed by atoms with Crippen molar-refractivity contribution in [3.63, 3.8) is 0 Å². The van der Waals surface area contributed by atoms with E-state index in [-0.39, 0.29) is 0 Å².